The summed E-state index contributed by atoms with van der Waals surface area (Å²) in [5.41, 5.74) is 5.40. The molecule has 0 unspecified atom stereocenters. The van der Waals surface area contributed by atoms with Gasteiger partial charge >= 0.3 is 0 Å². The summed E-state index contributed by atoms with van der Waals surface area (Å²) >= 11 is 1.48. The first-order valence-corrected chi connectivity index (χ1v) is 15.2. The van der Waals surface area contributed by atoms with Crippen LogP contribution in [0.15, 0.2) is 103 Å². The third-order valence-corrected chi connectivity index (χ3v) is 9.06. The second-order valence-electron chi connectivity index (χ2n) is 10.6. The Hall–Kier alpha value is -4.95. The number of fused-ring (bicyclic) bond motifs is 4. The van der Waals surface area contributed by atoms with Crippen molar-refractivity contribution < 1.29 is 14.3 Å². The lowest BCUT2D eigenvalue weighted by atomic mass is 10.1. The van der Waals surface area contributed by atoms with Crippen LogP contribution in [0.1, 0.15) is 36.9 Å². The molecule has 1 N–H and O–H groups in total. The molecule has 0 fully saturated rings. The number of nitrogens with one attached hydrogen (secondary N) is 1. The van der Waals surface area contributed by atoms with E-state index >= 15 is 0 Å². The number of para-hydroxylation sites is 2. The van der Waals surface area contributed by atoms with Crippen LogP contribution in [-0.2, 0) is 19.5 Å². The summed E-state index contributed by atoms with van der Waals surface area (Å²) < 4.78 is 5.94. The zero-order valence-corrected chi connectivity index (χ0v) is 24.3. The zero-order chi connectivity index (χ0) is 29.2. The summed E-state index contributed by atoms with van der Waals surface area (Å²) in [6.07, 6.45) is 0.637. The number of carbonyl (C=O) groups excluding carboxylic acids is 2. The molecule has 0 bridgehead atoms. The molecule has 4 heterocycles. The quantitative estimate of drug-likeness (QED) is 0.260. The maximum Gasteiger partial charge on any atom is 0.276 e. The minimum Gasteiger partial charge on any atom is -0.491 e. The molecule has 43 heavy (non-hydrogen) atoms. The van der Waals surface area contributed by atoms with Gasteiger partial charge in [-0.3, -0.25) is 9.59 Å². The summed E-state index contributed by atoms with van der Waals surface area (Å²) in [4.78, 5) is 37.6. The van der Waals surface area contributed by atoms with E-state index in [0.29, 0.717) is 49.8 Å². The smallest absolute Gasteiger partial charge is 0.276 e. The fraction of sp³-hybridized carbons (Fsp3) is 0.171. The number of ether oxygens (including phenoxy) is 1. The number of hydrogen-bond donors (Lipinski definition) is 1. The number of amides is 2. The van der Waals surface area contributed by atoms with Crippen molar-refractivity contribution >= 4 is 34.7 Å². The van der Waals surface area contributed by atoms with Crippen molar-refractivity contribution in [1.82, 2.24) is 10.3 Å². The molecule has 7 rings (SSSR count). The largest absolute Gasteiger partial charge is 0.491 e. The van der Waals surface area contributed by atoms with Crippen LogP contribution in [0.2, 0.25) is 0 Å². The molecule has 2 amide bonds. The number of aromatic nitrogens is 1. The Bertz CT molecular complexity index is 1800. The molecule has 0 aliphatic carbocycles. The fourth-order valence-electron chi connectivity index (χ4n) is 5.66. The first-order valence-electron chi connectivity index (χ1n) is 14.4. The van der Waals surface area contributed by atoms with Gasteiger partial charge in [-0.1, -0.05) is 72.8 Å². The first kappa shape index (κ1) is 26.9. The summed E-state index contributed by atoms with van der Waals surface area (Å²) in [6.45, 7) is 2.85. The van der Waals surface area contributed by atoms with Gasteiger partial charge < -0.3 is 19.9 Å². The monoisotopic (exact) mass is 586 g/mol. The minimum atomic E-state index is -0.142. The van der Waals surface area contributed by atoms with Crippen LogP contribution in [-0.4, -0.2) is 36.5 Å². The van der Waals surface area contributed by atoms with Crippen LogP contribution in [0.25, 0.3) is 10.4 Å². The third-order valence-electron chi connectivity index (χ3n) is 7.85. The number of rotatable bonds is 5. The Kier molecular flexibility index (Phi) is 7.35. The van der Waals surface area contributed by atoms with Gasteiger partial charge in [-0.2, -0.15) is 0 Å². The summed E-state index contributed by atoms with van der Waals surface area (Å²) in [5.74, 6) is 1.41. The van der Waals surface area contributed by atoms with Crippen molar-refractivity contribution in [3.8, 4) is 16.2 Å². The number of nitrogens with zero attached hydrogens (tertiary/aromatic N) is 3. The fourth-order valence-corrected chi connectivity index (χ4v) is 6.82. The zero-order valence-electron chi connectivity index (χ0n) is 23.5. The highest BCUT2D eigenvalue weighted by Crippen LogP contribution is 2.42. The number of benzene rings is 3. The van der Waals surface area contributed by atoms with Gasteiger partial charge in [0.05, 0.1) is 17.1 Å². The van der Waals surface area contributed by atoms with Crippen molar-refractivity contribution in [2.24, 2.45) is 0 Å². The molecule has 0 spiro atoms. The van der Waals surface area contributed by atoms with Crippen molar-refractivity contribution in [2.45, 2.75) is 19.5 Å². The summed E-state index contributed by atoms with van der Waals surface area (Å²) in [6, 6.07) is 33.5. The highest BCUT2D eigenvalue weighted by atomic mass is 32.1. The van der Waals surface area contributed by atoms with Crippen LogP contribution in [0, 0.1) is 0 Å². The molecule has 7 nitrogen and oxygen atoms in total. The molecule has 0 atom stereocenters. The Morgan fingerprint density at radius 2 is 1.67 bits per heavy atom. The van der Waals surface area contributed by atoms with E-state index in [1.54, 1.807) is 6.07 Å². The number of hydrogen-bond acceptors (Lipinski definition) is 6. The Labute approximate surface area is 254 Å². The van der Waals surface area contributed by atoms with Crippen molar-refractivity contribution in [3.05, 3.63) is 130 Å². The van der Waals surface area contributed by atoms with Crippen LogP contribution < -0.4 is 19.9 Å². The number of anilines is 2. The van der Waals surface area contributed by atoms with E-state index in [4.69, 9.17) is 9.72 Å². The molecule has 5 aromatic rings. The average Bonchev–Trinajstić information content (AvgIpc) is 3.27. The summed E-state index contributed by atoms with van der Waals surface area (Å²) in [5, 5.41) is 3.04. The highest BCUT2D eigenvalue weighted by molar-refractivity contribution is 7.17. The molecule has 2 aromatic heterocycles. The van der Waals surface area contributed by atoms with Crippen LogP contribution in [0.4, 0.5) is 11.5 Å². The topological polar surface area (TPSA) is 74.8 Å². The maximum absolute atomic E-state index is 14.0. The molecule has 0 saturated carbocycles. The van der Waals surface area contributed by atoms with E-state index in [1.165, 1.54) is 11.3 Å². The van der Waals surface area contributed by atoms with Crippen molar-refractivity contribution in [1.29, 1.82) is 0 Å². The van der Waals surface area contributed by atoms with Gasteiger partial charge in [-0.05, 0) is 47.9 Å². The van der Waals surface area contributed by atoms with Gasteiger partial charge in [0.25, 0.3) is 11.8 Å². The molecular formula is C35H30N4O3S. The molecule has 3 aromatic carbocycles. The number of pyridine rings is 1. The van der Waals surface area contributed by atoms with E-state index in [1.807, 2.05) is 95.9 Å². The lowest BCUT2D eigenvalue weighted by Gasteiger charge is -2.24. The predicted octanol–water partition coefficient (Wildman–Crippen LogP) is 6.34. The number of thiophene rings is 1. The van der Waals surface area contributed by atoms with E-state index in [0.717, 1.165) is 44.4 Å². The summed E-state index contributed by atoms with van der Waals surface area (Å²) in [7, 11) is 0. The molecular weight excluding hydrogens is 556 g/mol. The van der Waals surface area contributed by atoms with Gasteiger partial charge in [0.2, 0.25) is 0 Å². The Morgan fingerprint density at radius 3 is 2.58 bits per heavy atom. The van der Waals surface area contributed by atoms with Gasteiger partial charge in [-0.25, -0.2) is 4.98 Å². The molecule has 2 aliphatic heterocycles. The van der Waals surface area contributed by atoms with Gasteiger partial charge in [-0.15, -0.1) is 11.3 Å². The van der Waals surface area contributed by atoms with Crippen LogP contribution in [0.3, 0.4) is 0 Å². The van der Waals surface area contributed by atoms with Gasteiger partial charge in [0.1, 0.15) is 23.9 Å². The van der Waals surface area contributed by atoms with E-state index in [9.17, 15) is 9.59 Å². The maximum atomic E-state index is 14.0. The van der Waals surface area contributed by atoms with Crippen LogP contribution in [0.5, 0.6) is 5.75 Å². The molecule has 0 saturated heterocycles. The van der Waals surface area contributed by atoms with E-state index in [2.05, 4.69) is 16.3 Å². The number of carbonyl (C=O) groups is 2. The highest BCUT2D eigenvalue weighted by Gasteiger charge is 2.28. The normalized spacial score (nSPS) is 14.0. The molecule has 214 valence electrons. The lowest BCUT2D eigenvalue weighted by molar-refractivity contribution is 0.0952. The molecule has 2 aliphatic rings. The second-order valence-corrected chi connectivity index (χ2v) is 11.7. The standard InChI is InChI=1S/C35H30N4O3S/c40-34(36-22-24-9-2-1-3-10-24)31-21-25-17-18-39(29-14-6-5-12-27(29)33(25)43-31)35(41)28-13-8-16-32(37-28)38-19-20-42-30-15-7-4-11-26(30)23-38/h1-16,21H,17-20,22-23H2,(H,36,40). The average molecular weight is 587 g/mol. The van der Waals surface area contributed by atoms with Crippen LogP contribution >= 0.6 is 11.3 Å². The lowest BCUT2D eigenvalue weighted by Crippen LogP contribution is -2.34. The van der Waals surface area contributed by atoms with Gasteiger partial charge in [0.15, 0.2) is 0 Å². The second kappa shape index (κ2) is 11.7. The third kappa shape index (κ3) is 5.49. The Morgan fingerprint density at radius 1 is 0.860 bits per heavy atom. The molecule has 8 heteroatoms. The van der Waals surface area contributed by atoms with Gasteiger partial charge in [0, 0.05) is 35.6 Å². The first-order chi connectivity index (χ1) is 21.1. The van der Waals surface area contributed by atoms with E-state index in [-0.39, 0.29) is 11.8 Å². The predicted molar refractivity (Wildman–Crippen MR) is 170 cm³/mol. The van der Waals surface area contributed by atoms with Crippen molar-refractivity contribution in [2.75, 3.05) is 29.5 Å². The SMILES string of the molecule is O=C(NCc1ccccc1)c1cc2c(s1)-c1ccccc1N(C(=O)c1cccc(N3CCOc4ccccc4C3)n1)CC2. The van der Waals surface area contributed by atoms with E-state index < -0.39 is 0 Å². The minimum absolute atomic E-state index is 0.0881. The Balaban J connectivity index is 1.13. The van der Waals surface area contributed by atoms with Crippen molar-refractivity contribution in [3.63, 3.8) is 0 Å². The molecule has 0 radical (unpaired) electrons.